The molecular weight excluding hydrogens is 300 g/mol. The average molecular weight is 320 g/mol. The Morgan fingerprint density at radius 1 is 1.17 bits per heavy atom. The first-order valence-electron chi connectivity index (χ1n) is 8.08. The fraction of sp³-hybridized carbons (Fsp3) is 0.200. The van der Waals surface area contributed by atoms with E-state index in [1.54, 1.807) is 0 Å². The van der Waals surface area contributed by atoms with Gasteiger partial charge in [-0.2, -0.15) is 0 Å². The SMILES string of the molecule is CCCNc1c(C(=O)O)c(-c2ccccc2)nc2ccc(C)cc12. The van der Waals surface area contributed by atoms with E-state index in [1.807, 2.05) is 55.5 Å². The maximum atomic E-state index is 12.0. The van der Waals surface area contributed by atoms with Gasteiger partial charge in [0.15, 0.2) is 0 Å². The van der Waals surface area contributed by atoms with Gasteiger partial charge in [0.05, 0.1) is 16.9 Å². The summed E-state index contributed by atoms with van der Waals surface area (Å²) in [6, 6.07) is 15.4. The van der Waals surface area contributed by atoms with Gasteiger partial charge < -0.3 is 10.4 Å². The summed E-state index contributed by atoms with van der Waals surface area (Å²) in [6.45, 7) is 4.76. The summed E-state index contributed by atoms with van der Waals surface area (Å²) in [6.07, 6.45) is 0.912. The van der Waals surface area contributed by atoms with Gasteiger partial charge in [-0.15, -0.1) is 0 Å². The van der Waals surface area contributed by atoms with Gasteiger partial charge in [-0.05, 0) is 25.5 Å². The van der Waals surface area contributed by atoms with E-state index in [0.29, 0.717) is 17.9 Å². The van der Waals surface area contributed by atoms with E-state index in [9.17, 15) is 9.90 Å². The van der Waals surface area contributed by atoms with Gasteiger partial charge in [0, 0.05) is 17.5 Å². The fourth-order valence-electron chi connectivity index (χ4n) is 2.82. The van der Waals surface area contributed by atoms with Crippen LogP contribution in [0.1, 0.15) is 29.3 Å². The van der Waals surface area contributed by atoms with E-state index >= 15 is 0 Å². The van der Waals surface area contributed by atoms with Crippen LogP contribution in [0, 0.1) is 6.92 Å². The van der Waals surface area contributed by atoms with Crippen LogP contribution in [0.4, 0.5) is 5.69 Å². The first-order valence-corrected chi connectivity index (χ1v) is 8.08. The second kappa shape index (κ2) is 6.71. The van der Waals surface area contributed by atoms with E-state index in [0.717, 1.165) is 28.5 Å². The first kappa shape index (κ1) is 16.0. The number of benzene rings is 2. The summed E-state index contributed by atoms with van der Waals surface area (Å²) in [5.74, 6) is -0.969. The molecule has 122 valence electrons. The molecule has 0 bridgehead atoms. The van der Waals surface area contributed by atoms with Crippen LogP contribution in [0.2, 0.25) is 0 Å². The zero-order valence-corrected chi connectivity index (χ0v) is 13.8. The smallest absolute Gasteiger partial charge is 0.340 e. The third-order valence-corrected chi connectivity index (χ3v) is 3.95. The van der Waals surface area contributed by atoms with Crippen LogP contribution < -0.4 is 5.32 Å². The van der Waals surface area contributed by atoms with Crippen LogP contribution in [0.25, 0.3) is 22.2 Å². The van der Waals surface area contributed by atoms with Gasteiger partial charge in [0.1, 0.15) is 5.56 Å². The third kappa shape index (κ3) is 2.95. The predicted octanol–water partition coefficient (Wildman–Crippen LogP) is 4.73. The number of aromatic carboxylic acids is 1. The number of pyridine rings is 1. The van der Waals surface area contributed by atoms with Crippen molar-refractivity contribution in [3.8, 4) is 11.3 Å². The van der Waals surface area contributed by atoms with Crippen molar-refractivity contribution in [2.45, 2.75) is 20.3 Å². The number of hydrogen-bond donors (Lipinski definition) is 2. The number of aromatic nitrogens is 1. The molecule has 1 heterocycles. The summed E-state index contributed by atoms with van der Waals surface area (Å²) >= 11 is 0. The zero-order valence-electron chi connectivity index (χ0n) is 13.8. The molecule has 0 unspecified atom stereocenters. The maximum Gasteiger partial charge on any atom is 0.340 e. The van der Waals surface area contributed by atoms with Crippen LogP contribution in [0.5, 0.6) is 0 Å². The molecule has 0 aliphatic rings. The predicted molar refractivity (Wildman–Crippen MR) is 97.7 cm³/mol. The fourth-order valence-corrected chi connectivity index (χ4v) is 2.82. The summed E-state index contributed by atoms with van der Waals surface area (Å²) in [4.78, 5) is 16.7. The minimum Gasteiger partial charge on any atom is -0.478 e. The van der Waals surface area contributed by atoms with Crippen LogP contribution in [-0.2, 0) is 0 Å². The van der Waals surface area contributed by atoms with Crippen molar-refractivity contribution in [2.75, 3.05) is 11.9 Å². The molecule has 0 fully saturated rings. The summed E-state index contributed by atoms with van der Waals surface area (Å²) in [7, 11) is 0. The van der Waals surface area contributed by atoms with Crippen molar-refractivity contribution in [3.63, 3.8) is 0 Å². The monoisotopic (exact) mass is 320 g/mol. The van der Waals surface area contributed by atoms with Gasteiger partial charge in [-0.3, -0.25) is 0 Å². The number of aryl methyl sites for hydroxylation is 1. The quantitative estimate of drug-likeness (QED) is 0.713. The molecule has 1 aromatic heterocycles. The number of carboxylic acid groups (broad SMARTS) is 1. The molecule has 0 saturated carbocycles. The topological polar surface area (TPSA) is 62.2 Å². The Bertz CT molecular complexity index is 889. The highest BCUT2D eigenvalue weighted by Crippen LogP contribution is 2.34. The Labute approximate surface area is 141 Å². The lowest BCUT2D eigenvalue weighted by molar-refractivity contribution is 0.0698. The largest absolute Gasteiger partial charge is 0.478 e. The standard InChI is InChI=1S/C20H20N2O2/c1-3-11-21-19-15-12-13(2)9-10-16(15)22-18(17(19)20(23)24)14-7-5-4-6-8-14/h4-10,12H,3,11H2,1-2H3,(H,21,22)(H,23,24). The number of nitrogens with zero attached hydrogens (tertiary/aromatic N) is 1. The van der Waals surface area contributed by atoms with Gasteiger partial charge in [-0.1, -0.05) is 48.9 Å². The highest BCUT2D eigenvalue weighted by Gasteiger charge is 2.21. The zero-order chi connectivity index (χ0) is 17.1. The van der Waals surface area contributed by atoms with Crippen LogP contribution in [-0.4, -0.2) is 22.6 Å². The van der Waals surface area contributed by atoms with Gasteiger partial charge in [0.25, 0.3) is 0 Å². The highest BCUT2D eigenvalue weighted by atomic mass is 16.4. The molecule has 24 heavy (non-hydrogen) atoms. The number of carboxylic acids is 1. The average Bonchev–Trinajstić information content (AvgIpc) is 2.59. The summed E-state index contributed by atoms with van der Waals surface area (Å²) < 4.78 is 0. The Morgan fingerprint density at radius 3 is 2.58 bits per heavy atom. The lowest BCUT2D eigenvalue weighted by atomic mass is 9.99. The maximum absolute atomic E-state index is 12.0. The lowest BCUT2D eigenvalue weighted by Gasteiger charge is -2.16. The van der Waals surface area contributed by atoms with E-state index in [4.69, 9.17) is 0 Å². The van der Waals surface area contributed by atoms with E-state index < -0.39 is 5.97 Å². The number of nitrogens with one attached hydrogen (secondary N) is 1. The molecule has 3 aromatic rings. The van der Waals surface area contributed by atoms with Crippen molar-refractivity contribution >= 4 is 22.6 Å². The Kier molecular flexibility index (Phi) is 4.47. The van der Waals surface area contributed by atoms with Crippen molar-refractivity contribution in [3.05, 3.63) is 59.7 Å². The molecule has 4 heteroatoms. The number of carbonyl (C=O) groups is 1. The minimum atomic E-state index is -0.969. The van der Waals surface area contributed by atoms with Gasteiger partial charge in [-0.25, -0.2) is 9.78 Å². The Balaban J connectivity index is 2.37. The lowest BCUT2D eigenvalue weighted by Crippen LogP contribution is -2.11. The molecule has 0 spiro atoms. The van der Waals surface area contributed by atoms with E-state index in [2.05, 4.69) is 17.2 Å². The molecule has 0 aliphatic carbocycles. The number of rotatable bonds is 5. The highest BCUT2D eigenvalue weighted by molar-refractivity contribution is 6.09. The molecule has 3 rings (SSSR count). The molecule has 0 saturated heterocycles. The second-order valence-corrected chi connectivity index (χ2v) is 5.83. The minimum absolute atomic E-state index is 0.229. The molecule has 0 aliphatic heterocycles. The first-order chi connectivity index (χ1) is 11.6. The van der Waals surface area contributed by atoms with Crippen molar-refractivity contribution < 1.29 is 9.90 Å². The normalized spacial score (nSPS) is 10.8. The summed E-state index contributed by atoms with van der Waals surface area (Å²) in [5.41, 5.74) is 4.05. The van der Waals surface area contributed by atoms with Crippen LogP contribution in [0.15, 0.2) is 48.5 Å². The molecule has 0 atom stereocenters. The van der Waals surface area contributed by atoms with E-state index in [-0.39, 0.29) is 5.56 Å². The molecule has 4 nitrogen and oxygen atoms in total. The molecule has 0 radical (unpaired) electrons. The van der Waals surface area contributed by atoms with E-state index in [1.165, 1.54) is 0 Å². The number of hydrogen-bond acceptors (Lipinski definition) is 3. The molecule has 2 N–H and O–H groups in total. The third-order valence-electron chi connectivity index (χ3n) is 3.95. The van der Waals surface area contributed by atoms with Gasteiger partial charge >= 0.3 is 5.97 Å². The summed E-state index contributed by atoms with van der Waals surface area (Å²) in [5, 5.41) is 14.0. The Morgan fingerprint density at radius 2 is 1.92 bits per heavy atom. The number of anilines is 1. The van der Waals surface area contributed by atoms with Crippen LogP contribution in [0.3, 0.4) is 0 Å². The molecule has 2 aromatic carbocycles. The second-order valence-electron chi connectivity index (χ2n) is 5.83. The molecular formula is C20H20N2O2. The molecule has 0 amide bonds. The Hall–Kier alpha value is -2.88. The van der Waals surface area contributed by atoms with Crippen molar-refractivity contribution in [2.24, 2.45) is 0 Å². The van der Waals surface area contributed by atoms with Crippen LogP contribution >= 0.6 is 0 Å². The number of fused-ring (bicyclic) bond motifs is 1. The van der Waals surface area contributed by atoms with Crippen molar-refractivity contribution in [1.82, 2.24) is 4.98 Å². The van der Waals surface area contributed by atoms with Crippen molar-refractivity contribution in [1.29, 1.82) is 0 Å². The van der Waals surface area contributed by atoms with Gasteiger partial charge in [0.2, 0.25) is 0 Å².